The third kappa shape index (κ3) is 3.32. The number of amides is 1. The van der Waals surface area contributed by atoms with Gasteiger partial charge in [0.05, 0.1) is 11.9 Å². The average molecular weight is 281 g/mol. The lowest BCUT2D eigenvalue weighted by molar-refractivity contribution is -0.167. The quantitative estimate of drug-likeness (QED) is 0.642. The van der Waals surface area contributed by atoms with Crippen LogP contribution in [0.3, 0.4) is 0 Å². The van der Waals surface area contributed by atoms with Gasteiger partial charge in [-0.2, -0.15) is 13.2 Å². The van der Waals surface area contributed by atoms with Gasteiger partial charge in [0.15, 0.2) is 10.9 Å². The number of carboxylic acids is 1. The van der Waals surface area contributed by atoms with Gasteiger partial charge in [-0.25, -0.2) is 14.8 Å². The van der Waals surface area contributed by atoms with Crippen molar-refractivity contribution in [2.45, 2.75) is 11.3 Å². The molecule has 0 spiro atoms. The first-order valence-corrected chi connectivity index (χ1v) is 5.50. The molecule has 10 heteroatoms. The number of rotatable bonds is 3. The fourth-order valence-corrected chi connectivity index (χ4v) is 1.25. The first kappa shape index (κ1) is 14.2. The molecular weight excluding hydrogens is 275 g/mol. The van der Waals surface area contributed by atoms with E-state index in [0.29, 0.717) is 0 Å². The van der Waals surface area contributed by atoms with Gasteiger partial charge in [-0.3, -0.25) is 4.79 Å². The number of carbonyl (C=O) groups is 2. The molecule has 1 amide bonds. The Morgan fingerprint density at radius 3 is 2.50 bits per heavy atom. The fraction of sp³-hybridized carbons (Fsp3) is 0.250. The van der Waals surface area contributed by atoms with E-state index in [1.807, 2.05) is 0 Å². The Bertz CT molecular complexity index is 492. The zero-order valence-electron chi connectivity index (χ0n) is 8.78. The lowest BCUT2D eigenvalue weighted by Crippen LogP contribution is -2.31. The van der Waals surface area contributed by atoms with Crippen molar-refractivity contribution in [3.8, 4) is 0 Å². The molecule has 0 fully saturated rings. The number of hydrogen-bond acceptors (Lipinski definition) is 5. The molecule has 6 nitrogen and oxygen atoms in total. The molecule has 1 rings (SSSR count). The number of carboxylic acid groups (broad SMARTS) is 1. The fourth-order valence-electron chi connectivity index (χ4n) is 0.912. The molecule has 0 radical (unpaired) electrons. The Balaban J connectivity index is 3.09. The molecule has 0 aliphatic heterocycles. The van der Waals surface area contributed by atoms with Crippen LogP contribution in [-0.2, 0) is 4.79 Å². The van der Waals surface area contributed by atoms with Crippen molar-refractivity contribution in [3.05, 3.63) is 11.9 Å². The van der Waals surface area contributed by atoms with Crippen LogP contribution in [0.25, 0.3) is 0 Å². The number of hydrogen-bond donors (Lipinski definition) is 2. The van der Waals surface area contributed by atoms with E-state index in [1.165, 1.54) is 5.32 Å². The molecule has 1 heterocycles. The summed E-state index contributed by atoms with van der Waals surface area (Å²) in [5.74, 6) is -3.85. The van der Waals surface area contributed by atoms with E-state index in [9.17, 15) is 22.8 Å². The Labute approximate surface area is 103 Å². The maximum atomic E-state index is 12.0. The first-order chi connectivity index (χ1) is 8.25. The summed E-state index contributed by atoms with van der Waals surface area (Å²) in [7, 11) is 0. The van der Waals surface area contributed by atoms with Crippen LogP contribution in [0.5, 0.6) is 0 Å². The van der Waals surface area contributed by atoms with Crippen LogP contribution in [0.1, 0.15) is 10.5 Å². The summed E-state index contributed by atoms with van der Waals surface area (Å²) in [6, 6.07) is 0. The van der Waals surface area contributed by atoms with Gasteiger partial charge in [0.2, 0.25) is 0 Å². The highest BCUT2D eigenvalue weighted by atomic mass is 32.2. The van der Waals surface area contributed by atoms with Gasteiger partial charge < -0.3 is 10.4 Å². The lowest BCUT2D eigenvalue weighted by Gasteiger charge is -2.09. The second kappa shape index (κ2) is 5.21. The number of aromatic carboxylic acids is 1. The highest BCUT2D eigenvalue weighted by Gasteiger charge is 2.39. The Morgan fingerprint density at radius 1 is 1.44 bits per heavy atom. The second-order valence-electron chi connectivity index (χ2n) is 2.88. The molecular formula is C8H6F3N3O3S. The summed E-state index contributed by atoms with van der Waals surface area (Å²) in [5, 5.41) is 10.2. The summed E-state index contributed by atoms with van der Waals surface area (Å²) < 4.78 is 36.0. The monoisotopic (exact) mass is 281 g/mol. The number of alkyl halides is 3. The summed E-state index contributed by atoms with van der Waals surface area (Å²) in [6.07, 6.45) is -2.74. The van der Waals surface area contributed by atoms with Gasteiger partial charge in [0.1, 0.15) is 0 Å². The van der Waals surface area contributed by atoms with Crippen molar-refractivity contribution in [1.82, 2.24) is 9.97 Å². The van der Waals surface area contributed by atoms with Gasteiger partial charge in [-0.15, -0.1) is 0 Å². The number of thioether (sulfide) groups is 1. The minimum Gasteiger partial charge on any atom is -0.476 e. The highest BCUT2D eigenvalue weighted by molar-refractivity contribution is 7.98. The molecule has 0 saturated carbocycles. The summed E-state index contributed by atoms with van der Waals surface area (Å²) in [5.41, 5.74) is -1.31. The van der Waals surface area contributed by atoms with Crippen LogP contribution in [0.15, 0.2) is 11.4 Å². The molecule has 0 saturated heterocycles. The van der Waals surface area contributed by atoms with Crippen molar-refractivity contribution in [1.29, 1.82) is 0 Å². The SMILES string of the molecule is CSc1ncc(NC(=O)C(F)(F)F)c(C(=O)O)n1. The van der Waals surface area contributed by atoms with Crippen molar-refractivity contribution < 1.29 is 27.9 Å². The van der Waals surface area contributed by atoms with E-state index in [-0.39, 0.29) is 5.16 Å². The zero-order chi connectivity index (χ0) is 13.9. The molecule has 0 bridgehead atoms. The normalized spacial score (nSPS) is 11.1. The standard InChI is InChI=1S/C8H6F3N3O3S/c1-18-7-12-2-3(4(14-7)5(15)16)13-6(17)8(9,10)11/h2H,1H3,(H,13,17)(H,15,16). The van der Waals surface area contributed by atoms with E-state index >= 15 is 0 Å². The minimum atomic E-state index is -5.12. The number of nitrogens with zero attached hydrogens (tertiary/aromatic N) is 2. The molecule has 0 unspecified atom stereocenters. The second-order valence-corrected chi connectivity index (χ2v) is 3.65. The largest absolute Gasteiger partial charge is 0.476 e. The lowest BCUT2D eigenvalue weighted by atomic mass is 10.3. The number of halogens is 3. The number of nitrogens with one attached hydrogen (secondary N) is 1. The molecule has 18 heavy (non-hydrogen) atoms. The van der Waals surface area contributed by atoms with Gasteiger partial charge in [-0.05, 0) is 6.26 Å². The van der Waals surface area contributed by atoms with Crippen LogP contribution >= 0.6 is 11.8 Å². The molecule has 0 aromatic carbocycles. The van der Waals surface area contributed by atoms with Crippen LogP contribution < -0.4 is 5.32 Å². The van der Waals surface area contributed by atoms with E-state index in [4.69, 9.17) is 5.11 Å². The van der Waals surface area contributed by atoms with Crippen molar-refractivity contribution >= 4 is 29.3 Å². The van der Waals surface area contributed by atoms with Crippen LogP contribution in [0, 0.1) is 0 Å². The molecule has 2 N–H and O–H groups in total. The third-order valence-electron chi connectivity index (χ3n) is 1.66. The third-order valence-corrected chi connectivity index (χ3v) is 2.22. The number of carbonyl (C=O) groups excluding carboxylic acids is 1. The number of aromatic nitrogens is 2. The smallest absolute Gasteiger partial charge is 0.471 e. The first-order valence-electron chi connectivity index (χ1n) is 4.28. The maximum Gasteiger partial charge on any atom is 0.471 e. The molecule has 0 aliphatic rings. The Morgan fingerprint density at radius 2 is 2.06 bits per heavy atom. The molecule has 0 aliphatic carbocycles. The maximum absolute atomic E-state index is 12.0. The molecule has 98 valence electrons. The van der Waals surface area contributed by atoms with Crippen LogP contribution in [-0.4, -0.2) is 39.4 Å². The number of anilines is 1. The Kier molecular flexibility index (Phi) is 4.11. The van der Waals surface area contributed by atoms with Crippen LogP contribution in [0.4, 0.5) is 18.9 Å². The average Bonchev–Trinajstić information content (AvgIpc) is 2.27. The van der Waals surface area contributed by atoms with E-state index < -0.39 is 29.4 Å². The van der Waals surface area contributed by atoms with Crippen LogP contribution in [0.2, 0.25) is 0 Å². The van der Waals surface area contributed by atoms with Crippen molar-refractivity contribution in [2.75, 3.05) is 11.6 Å². The molecule has 1 aromatic heterocycles. The highest BCUT2D eigenvalue weighted by Crippen LogP contribution is 2.21. The summed E-state index contributed by atoms with van der Waals surface area (Å²) in [4.78, 5) is 28.5. The van der Waals surface area contributed by atoms with Crippen molar-refractivity contribution in [3.63, 3.8) is 0 Å². The van der Waals surface area contributed by atoms with Gasteiger partial charge >= 0.3 is 18.1 Å². The van der Waals surface area contributed by atoms with E-state index in [2.05, 4.69) is 9.97 Å². The van der Waals surface area contributed by atoms with Crippen molar-refractivity contribution in [2.24, 2.45) is 0 Å². The summed E-state index contributed by atoms with van der Waals surface area (Å²) >= 11 is 1.01. The predicted molar refractivity (Wildman–Crippen MR) is 55.5 cm³/mol. The zero-order valence-corrected chi connectivity index (χ0v) is 9.59. The van der Waals surface area contributed by atoms with Gasteiger partial charge in [0, 0.05) is 0 Å². The summed E-state index contributed by atoms with van der Waals surface area (Å²) in [6.45, 7) is 0. The topological polar surface area (TPSA) is 92.2 Å². The minimum absolute atomic E-state index is 0.0670. The predicted octanol–water partition coefficient (Wildman–Crippen LogP) is 1.40. The van der Waals surface area contributed by atoms with Gasteiger partial charge in [0.25, 0.3) is 0 Å². The van der Waals surface area contributed by atoms with E-state index in [0.717, 1.165) is 18.0 Å². The Hall–Kier alpha value is -1.84. The van der Waals surface area contributed by atoms with Gasteiger partial charge in [-0.1, -0.05) is 11.8 Å². The van der Waals surface area contributed by atoms with E-state index in [1.54, 1.807) is 6.26 Å². The molecule has 0 atom stereocenters. The molecule has 1 aromatic rings.